The first-order chi connectivity index (χ1) is 7.50. The maximum Gasteiger partial charge on any atom is 0.226 e. The molecule has 0 bridgehead atoms. The van der Waals surface area contributed by atoms with E-state index in [1.54, 1.807) is 0 Å². The normalized spacial score (nSPS) is 20.3. The predicted molar refractivity (Wildman–Crippen MR) is 65.0 cm³/mol. The van der Waals surface area contributed by atoms with Crippen LogP contribution in [0.5, 0.6) is 0 Å². The van der Waals surface area contributed by atoms with Gasteiger partial charge in [-0.3, -0.25) is 4.79 Å². The van der Waals surface area contributed by atoms with Crippen LogP contribution in [0.2, 0.25) is 0 Å². The summed E-state index contributed by atoms with van der Waals surface area (Å²) in [5, 5.41) is 12.6. The highest BCUT2D eigenvalue weighted by Crippen LogP contribution is 2.43. The maximum atomic E-state index is 11.9. The van der Waals surface area contributed by atoms with Crippen molar-refractivity contribution in [3.63, 3.8) is 0 Å². The van der Waals surface area contributed by atoms with Crippen LogP contribution < -0.4 is 5.32 Å². The number of aliphatic hydroxyl groups is 1. The maximum absolute atomic E-state index is 11.9. The summed E-state index contributed by atoms with van der Waals surface area (Å²) in [4.78, 5) is 11.9. The van der Waals surface area contributed by atoms with Gasteiger partial charge in [-0.2, -0.15) is 0 Å². The molecular weight excluding hydrogens is 202 g/mol. The van der Waals surface area contributed by atoms with Crippen LogP contribution >= 0.6 is 0 Å². The molecule has 0 spiro atoms. The Hall–Kier alpha value is -0.570. The Morgan fingerprint density at radius 2 is 2.06 bits per heavy atom. The van der Waals surface area contributed by atoms with Gasteiger partial charge in [-0.1, -0.05) is 27.2 Å². The molecule has 1 aliphatic rings. The molecule has 1 rings (SSSR count). The molecule has 0 aliphatic heterocycles. The van der Waals surface area contributed by atoms with E-state index in [4.69, 9.17) is 0 Å². The molecule has 3 nitrogen and oxygen atoms in total. The highest BCUT2D eigenvalue weighted by molar-refractivity contribution is 5.83. The van der Waals surface area contributed by atoms with Gasteiger partial charge in [0.25, 0.3) is 0 Å². The van der Waals surface area contributed by atoms with Gasteiger partial charge in [0.2, 0.25) is 5.91 Å². The summed E-state index contributed by atoms with van der Waals surface area (Å²) < 4.78 is 0. The van der Waals surface area contributed by atoms with Crippen molar-refractivity contribution in [2.75, 3.05) is 6.54 Å². The third-order valence-electron chi connectivity index (χ3n) is 3.71. The lowest BCUT2D eigenvalue weighted by molar-refractivity contribution is -0.136. The molecule has 1 aliphatic carbocycles. The van der Waals surface area contributed by atoms with E-state index in [-0.39, 0.29) is 11.3 Å². The first-order valence-electron chi connectivity index (χ1n) is 6.46. The Morgan fingerprint density at radius 1 is 1.44 bits per heavy atom. The Bertz CT molecular complexity index is 229. The van der Waals surface area contributed by atoms with Crippen LogP contribution in [-0.2, 0) is 4.79 Å². The number of carbonyl (C=O) groups excluding carboxylic acids is 1. The molecule has 0 aromatic heterocycles. The molecule has 3 heteroatoms. The fourth-order valence-corrected chi connectivity index (χ4v) is 2.37. The van der Waals surface area contributed by atoms with Gasteiger partial charge in [0, 0.05) is 12.0 Å². The molecule has 0 aromatic rings. The molecule has 0 radical (unpaired) electrons. The molecule has 1 amide bonds. The fraction of sp³-hybridized carbons (Fsp3) is 0.923. The largest absolute Gasteiger partial charge is 0.391 e. The second-order valence-corrected chi connectivity index (χ2v) is 5.48. The van der Waals surface area contributed by atoms with Crippen molar-refractivity contribution in [2.45, 2.75) is 59.0 Å². The standard InChI is InChI=1S/C13H25NO2/c1-4-13(6-5-7-13)12(16)14-9-11(15)8-10(2)3/h10-11,15H,4-9H2,1-3H3,(H,14,16). The van der Waals surface area contributed by atoms with Crippen molar-refractivity contribution in [3.8, 4) is 0 Å². The zero-order valence-electron chi connectivity index (χ0n) is 10.8. The van der Waals surface area contributed by atoms with Crippen LogP contribution in [0.4, 0.5) is 0 Å². The van der Waals surface area contributed by atoms with Crippen molar-refractivity contribution in [3.05, 3.63) is 0 Å². The number of amides is 1. The van der Waals surface area contributed by atoms with Gasteiger partial charge in [0.05, 0.1) is 6.10 Å². The average molecular weight is 227 g/mol. The van der Waals surface area contributed by atoms with Crippen LogP contribution in [0, 0.1) is 11.3 Å². The van der Waals surface area contributed by atoms with Gasteiger partial charge in [0.15, 0.2) is 0 Å². The lowest BCUT2D eigenvalue weighted by Gasteiger charge is -2.39. The smallest absolute Gasteiger partial charge is 0.226 e. The van der Waals surface area contributed by atoms with E-state index in [9.17, 15) is 9.90 Å². The number of rotatable bonds is 6. The zero-order valence-corrected chi connectivity index (χ0v) is 10.8. The lowest BCUT2D eigenvalue weighted by Crippen LogP contribution is -2.47. The quantitative estimate of drug-likeness (QED) is 0.730. The highest BCUT2D eigenvalue weighted by atomic mass is 16.3. The van der Waals surface area contributed by atoms with Gasteiger partial charge >= 0.3 is 0 Å². The minimum atomic E-state index is -0.405. The molecule has 1 atom stereocenters. The first-order valence-corrected chi connectivity index (χ1v) is 6.46. The van der Waals surface area contributed by atoms with Crippen LogP contribution in [0.1, 0.15) is 52.9 Å². The number of aliphatic hydroxyl groups excluding tert-OH is 1. The van der Waals surface area contributed by atoms with Gasteiger partial charge < -0.3 is 10.4 Å². The molecule has 94 valence electrons. The summed E-state index contributed by atoms with van der Waals surface area (Å²) in [5.41, 5.74) is -0.114. The Balaban J connectivity index is 2.29. The molecule has 2 N–H and O–H groups in total. The third kappa shape index (κ3) is 3.21. The summed E-state index contributed by atoms with van der Waals surface area (Å²) in [6, 6.07) is 0. The average Bonchev–Trinajstić information content (AvgIpc) is 2.12. The minimum absolute atomic E-state index is 0.114. The Labute approximate surface area is 98.6 Å². The Kier molecular flexibility index (Phi) is 4.78. The second kappa shape index (κ2) is 5.67. The molecule has 16 heavy (non-hydrogen) atoms. The van der Waals surface area contributed by atoms with E-state index in [1.807, 2.05) is 0 Å². The number of carbonyl (C=O) groups is 1. The molecule has 1 fully saturated rings. The van der Waals surface area contributed by atoms with Crippen LogP contribution in [0.3, 0.4) is 0 Å². The SMILES string of the molecule is CCC1(C(=O)NCC(O)CC(C)C)CCC1. The van der Waals surface area contributed by atoms with E-state index in [0.29, 0.717) is 12.5 Å². The van der Waals surface area contributed by atoms with Crippen molar-refractivity contribution >= 4 is 5.91 Å². The topological polar surface area (TPSA) is 49.3 Å². The molecule has 0 saturated heterocycles. The number of hydrogen-bond acceptors (Lipinski definition) is 2. The van der Waals surface area contributed by atoms with Gasteiger partial charge in [-0.05, 0) is 31.6 Å². The lowest BCUT2D eigenvalue weighted by atomic mass is 9.66. The van der Waals surface area contributed by atoms with Crippen molar-refractivity contribution in [1.29, 1.82) is 0 Å². The van der Waals surface area contributed by atoms with Crippen LogP contribution in [-0.4, -0.2) is 23.7 Å². The van der Waals surface area contributed by atoms with E-state index in [1.165, 1.54) is 0 Å². The molecule has 0 aromatic carbocycles. The molecule has 1 saturated carbocycles. The molecular formula is C13H25NO2. The Morgan fingerprint density at radius 3 is 2.44 bits per heavy atom. The number of hydrogen-bond donors (Lipinski definition) is 2. The first kappa shape index (κ1) is 13.5. The minimum Gasteiger partial charge on any atom is -0.391 e. The summed E-state index contributed by atoms with van der Waals surface area (Å²) in [7, 11) is 0. The van der Waals surface area contributed by atoms with Gasteiger partial charge in [-0.25, -0.2) is 0 Å². The van der Waals surface area contributed by atoms with Gasteiger partial charge in [-0.15, -0.1) is 0 Å². The molecule has 1 unspecified atom stereocenters. The predicted octanol–water partition coefficient (Wildman–Crippen LogP) is 2.09. The van der Waals surface area contributed by atoms with E-state index >= 15 is 0 Å². The van der Waals surface area contributed by atoms with E-state index < -0.39 is 6.10 Å². The monoisotopic (exact) mass is 227 g/mol. The van der Waals surface area contributed by atoms with E-state index in [0.717, 1.165) is 32.1 Å². The summed E-state index contributed by atoms with van der Waals surface area (Å²) >= 11 is 0. The van der Waals surface area contributed by atoms with Gasteiger partial charge in [0.1, 0.15) is 0 Å². The van der Waals surface area contributed by atoms with Crippen molar-refractivity contribution in [2.24, 2.45) is 11.3 Å². The summed E-state index contributed by atoms with van der Waals surface area (Å²) in [6.07, 6.45) is 4.44. The third-order valence-corrected chi connectivity index (χ3v) is 3.71. The fourth-order valence-electron chi connectivity index (χ4n) is 2.37. The molecule has 0 heterocycles. The van der Waals surface area contributed by atoms with Crippen LogP contribution in [0.25, 0.3) is 0 Å². The zero-order chi connectivity index (χ0) is 12.2. The summed E-state index contributed by atoms with van der Waals surface area (Å²) in [5.74, 6) is 0.611. The second-order valence-electron chi connectivity index (χ2n) is 5.48. The van der Waals surface area contributed by atoms with Crippen molar-refractivity contribution < 1.29 is 9.90 Å². The number of nitrogens with one attached hydrogen (secondary N) is 1. The van der Waals surface area contributed by atoms with Crippen LogP contribution in [0.15, 0.2) is 0 Å². The van der Waals surface area contributed by atoms with Crippen molar-refractivity contribution in [1.82, 2.24) is 5.32 Å². The van der Waals surface area contributed by atoms with E-state index in [2.05, 4.69) is 26.1 Å². The summed E-state index contributed by atoms with van der Waals surface area (Å²) in [6.45, 7) is 6.62. The highest BCUT2D eigenvalue weighted by Gasteiger charge is 2.42.